The van der Waals surface area contributed by atoms with E-state index in [1.54, 1.807) is 0 Å². The second-order valence-corrected chi connectivity index (χ2v) is 2.81. The predicted molar refractivity (Wildman–Crippen MR) is 51.4 cm³/mol. The third-order valence-corrected chi connectivity index (χ3v) is 1.67. The van der Waals surface area contributed by atoms with Gasteiger partial charge in [0.1, 0.15) is 5.84 Å². The molecule has 0 fully saturated rings. The lowest BCUT2D eigenvalue weighted by atomic mass is 10.3. The van der Waals surface area contributed by atoms with Gasteiger partial charge in [-0.05, 0) is 6.42 Å². The first-order valence-corrected chi connectivity index (χ1v) is 4.34. The van der Waals surface area contributed by atoms with Crippen LogP contribution in [0.2, 0.25) is 0 Å². The maximum absolute atomic E-state index is 11.3. The first kappa shape index (κ1) is 11.0. The van der Waals surface area contributed by atoms with E-state index in [1.807, 2.05) is 0 Å². The number of amidine groups is 1. The number of amides is 1. The van der Waals surface area contributed by atoms with Crippen molar-refractivity contribution in [2.24, 2.45) is 10.9 Å². The van der Waals surface area contributed by atoms with Crippen LogP contribution in [0.15, 0.2) is 11.4 Å². The van der Waals surface area contributed by atoms with Gasteiger partial charge in [0.25, 0.3) is 5.91 Å². The molecule has 8 nitrogen and oxygen atoms in total. The molecular weight excluding hydrogens is 200 g/mol. The molecule has 82 valence electrons. The number of aromatic amines is 1. The monoisotopic (exact) mass is 212 g/mol. The van der Waals surface area contributed by atoms with E-state index < -0.39 is 0 Å². The number of carbonyl (C=O) groups excluding carboxylic acids is 1. The summed E-state index contributed by atoms with van der Waals surface area (Å²) in [4.78, 5) is 11.3. The fourth-order valence-electron chi connectivity index (χ4n) is 0.923. The van der Waals surface area contributed by atoms with Crippen molar-refractivity contribution in [3.63, 3.8) is 0 Å². The maximum atomic E-state index is 11.3. The minimum atomic E-state index is -0.303. The van der Waals surface area contributed by atoms with E-state index in [4.69, 9.17) is 10.9 Å². The van der Waals surface area contributed by atoms with Crippen molar-refractivity contribution in [3.05, 3.63) is 11.9 Å². The highest BCUT2D eigenvalue weighted by Gasteiger charge is 2.06. The minimum absolute atomic E-state index is 0.144. The average Bonchev–Trinajstić information content (AvgIpc) is 2.77. The van der Waals surface area contributed by atoms with Crippen LogP contribution in [-0.4, -0.2) is 38.9 Å². The lowest BCUT2D eigenvalue weighted by Gasteiger charge is -2.01. The number of rotatable bonds is 5. The van der Waals surface area contributed by atoms with Gasteiger partial charge in [-0.3, -0.25) is 4.79 Å². The van der Waals surface area contributed by atoms with Crippen LogP contribution in [0.25, 0.3) is 0 Å². The molecule has 1 heterocycles. The second kappa shape index (κ2) is 5.58. The van der Waals surface area contributed by atoms with Crippen LogP contribution < -0.4 is 11.1 Å². The molecule has 0 bridgehead atoms. The number of aromatic nitrogens is 3. The van der Waals surface area contributed by atoms with E-state index >= 15 is 0 Å². The number of carbonyl (C=O) groups is 1. The summed E-state index contributed by atoms with van der Waals surface area (Å²) in [6.45, 7) is 0.432. The van der Waals surface area contributed by atoms with Crippen LogP contribution in [0, 0.1) is 0 Å². The van der Waals surface area contributed by atoms with Gasteiger partial charge >= 0.3 is 0 Å². The summed E-state index contributed by atoms with van der Waals surface area (Å²) in [5.74, 6) is -0.158. The maximum Gasteiger partial charge on any atom is 0.273 e. The number of hydrogen-bond acceptors (Lipinski definition) is 5. The summed E-state index contributed by atoms with van der Waals surface area (Å²) in [7, 11) is 0. The van der Waals surface area contributed by atoms with E-state index in [9.17, 15) is 4.79 Å². The fourth-order valence-corrected chi connectivity index (χ4v) is 0.923. The van der Waals surface area contributed by atoms with Crippen molar-refractivity contribution in [1.29, 1.82) is 0 Å². The second-order valence-electron chi connectivity index (χ2n) is 2.81. The number of hydrogen-bond donors (Lipinski definition) is 4. The molecule has 0 aromatic carbocycles. The smallest absolute Gasteiger partial charge is 0.273 e. The van der Waals surface area contributed by atoms with Gasteiger partial charge in [0, 0.05) is 13.0 Å². The first-order chi connectivity index (χ1) is 7.24. The molecule has 0 atom stereocenters. The molecule has 1 aromatic heterocycles. The van der Waals surface area contributed by atoms with Gasteiger partial charge in [0.05, 0.1) is 6.20 Å². The molecule has 0 radical (unpaired) electrons. The molecule has 0 saturated carbocycles. The molecule has 0 aliphatic carbocycles. The van der Waals surface area contributed by atoms with E-state index in [0.717, 1.165) is 0 Å². The molecule has 0 saturated heterocycles. The summed E-state index contributed by atoms with van der Waals surface area (Å²) >= 11 is 0. The van der Waals surface area contributed by atoms with Crippen LogP contribution in [0.3, 0.4) is 0 Å². The Labute approximate surface area is 85.5 Å². The van der Waals surface area contributed by atoms with E-state index in [-0.39, 0.29) is 17.4 Å². The third-order valence-electron chi connectivity index (χ3n) is 1.67. The Balaban J connectivity index is 2.19. The zero-order valence-electron chi connectivity index (χ0n) is 7.97. The largest absolute Gasteiger partial charge is 0.409 e. The molecule has 1 rings (SSSR count). The van der Waals surface area contributed by atoms with Crippen LogP contribution in [-0.2, 0) is 0 Å². The van der Waals surface area contributed by atoms with Gasteiger partial charge in [-0.25, -0.2) is 0 Å². The summed E-state index contributed by atoms with van der Waals surface area (Å²) in [6.07, 6.45) is 2.36. The molecule has 8 heteroatoms. The zero-order chi connectivity index (χ0) is 11.1. The minimum Gasteiger partial charge on any atom is -0.409 e. The average molecular weight is 212 g/mol. The number of H-pyrrole nitrogens is 1. The Hall–Kier alpha value is -2.12. The van der Waals surface area contributed by atoms with Gasteiger partial charge in [0.2, 0.25) is 0 Å². The van der Waals surface area contributed by atoms with Crippen molar-refractivity contribution in [2.45, 2.75) is 12.8 Å². The van der Waals surface area contributed by atoms with Crippen LogP contribution in [0.5, 0.6) is 0 Å². The summed E-state index contributed by atoms with van der Waals surface area (Å²) < 4.78 is 0. The van der Waals surface area contributed by atoms with Crippen molar-refractivity contribution in [2.75, 3.05) is 6.54 Å². The Bertz CT molecular complexity index is 333. The SMILES string of the molecule is NC(CCCNC(=O)c1cn[nH]n1)=NO. The first-order valence-electron chi connectivity index (χ1n) is 4.34. The Morgan fingerprint density at radius 3 is 3.13 bits per heavy atom. The summed E-state index contributed by atoms with van der Waals surface area (Å²) in [5.41, 5.74) is 5.48. The van der Waals surface area contributed by atoms with Crippen molar-refractivity contribution in [3.8, 4) is 0 Å². The molecule has 0 aliphatic heterocycles. The molecule has 15 heavy (non-hydrogen) atoms. The van der Waals surface area contributed by atoms with E-state index in [2.05, 4.69) is 25.9 Å². The lowest BCUT2D eigenvalue weighted by molar-refractivity contribution is 0.0948. The van der Waals surface area contributed by atoms with Gasteiger partial charge in [-0.15, -0.1) is 0 Å². The van der Waals surface area contributed by atoms with Crippen molar-refractivity contribution < 1.29 is 10.0 Å². The topological polar surface area (TPSA) is 129 Å². The number of nitrogens with one attached hydrogen (secondary N) is 2. The Kier molecular flexibility index (Phi) is 4.07. The molecule has 0 spiro atoms. The number of oxime groups is 1. The van der Waals surface area contributed by atoms with E-state index in [0.29, 0.717) is 19.4 Å². The lowest BCUT2D eigenvalue weighted by Crippen LogP contribution is -2.25. The summed E-state index contributed by atoms with van der Waals surface area (Å²) in [5, 5.41) is 23.1. The predicted octanol–water partition coefficient (Wildman–Crippen LogP) is -0.939. The van der Waals surface area contributed by atoms with Gasteiger partial charge in [-0.1, -0.05) is 5.16 Å². The van der Waals surface area contributed by atoms with Crippen molar-refractivity contribution in [1.82, 2.24) is 20.7 Å². The van der Waals surface area contributed by atoms with Crippen molar-refractivity contribution >= 4 is 11.7 Å². The van der Waals surface area contributed by atoms with Crippen LogP contribution in [0.1, 0.15) is 23.3 Å². The number of nitrogens with zero attached hydrogens (tertiary/aromatic N) is 3. The van der Waals surface area contributed by atoms with Gasteiger partial charge in [0.15, 0.2) is 5.69 Å². The van der Waals surface area contributed by atoms with Gasteiger partial charge in [-0.2, -0.15) is 15.4 Å². The quantitative estimate of drug-likeness (QED) is 0.164. The molecule has 1 amide bonds. The molecular formula is C7H12N6O2. The summed E-state index contributed by atoms with van der Waals surface area (Å²) in [6, 6.07) is 0. The van der Waals surface area contributed by atoms with Crippen LogP contribution >= 0.6 is 0 Å². The third kappa shape index (κ3) is 3.63. The number of nitrogens with two attached hydrogens (primary N) is 1. The normalized spacial score (nSPS) is 11.3. The van der Waals surface area contributed by atoms with Crippen LogP contribution in [0.4, 0.5) is 0 Å². The molecule has 5 N–H and O–H groups in total. The Morgan fingerprint density at radius 2 is 2.53 bits per heavy atom. The highest BCUT2D eigenvalue weighted by atomic mass is 16.4. The zero-order valence-corrected chi connectivity index (χ0v) is 7.97. The Morgan fingerprint density at radius 1 is 1.73 bits per heavy atom. The highest BCUT2D eigenvalue weighted by molar-refractivity contribution is 5.91. The van der Waals surface area contributed by atoms with E-state index in [1.165, 1.54) is 6.20 Å². The molecule has 0 unspecified atom stereocenters. The standard InChI is InChI=1S/C7H12N6O2/c8-6(12-15)2-1-3-9-7(14)5-4-10-13-11-5/h4,15H,1-3H2,(H2,8,12)(H,9,14)(H,10,11,13). The fraction of sp³-hybridized carbons (Fsp3) is 0.429. The van der Waals surface area contributed by atoms with Gasteiger partial charge < -0.3 is 16.3 Å². The molecule has 1 aromatic rings. The highest BCUT2D eigenvalue weighted by Crippen LogP contribution is 1.90. The molecule has 0 aliphatic rings.